The molecule has 0 aromatic heterocycles. The van der Waals surface area contributed by atoms with E-state index in [2.05, 4.69) is 10.0 Å². The van der Waals surface area contributed by atoms with Crippen LogP contribution >= 0.6 is 0 Å². The van der Waals surface area contributed by atoms with Gasteiger partial charge in [0.05, 0.1) is 4.90 Å². The number of amides is 1. The largest absolute Gasteiger partial charge is 0.355 e. The van der Waals surface area contributed by atoms with E-state index in [4.69, 9.17) is 5.73 Å². The Morgan fingerprint density at radius 1 is 1.16 bits per heavy atom. The molecule has 0 saturated carbocycles. The first-order valence-corrected chi connectivity index (χ1v) is 7.56. The van der Waals surface area contributed by atoms with Crippen LogP contribution in [-0.4, -0.2) is 34.0 Å². The van der Waals surface area contributed by atoms with Gasteiger partial charge in [0.2, 0.25) is 15.9 Å². The van der Waals surface area contributed by atoms with Crippen molar-refractivity contribution < 1.29 is 13.2 Å². The molecule has 0 bridgehead atoms. The Kier molecular flexibility index (Phi) is 6.48. The maximum atomic E-state index is 11.8. The summed E-state index contributed by atoms with van der Waals surface area (Å²) in [5.41, 5.74) is 5.28. The van der Waals surface area contributed by atoms with Crippen LogP contribution in [0.5, 0.6) is 0 Å². The number of nitrogens with one attached hydrogen (secondary N) is 2. The van der Waals surface area contributed by atoms with Gasteiger partial charge in [0.25, 0.3) is 0 Å². The summed E-state index contributed by atoms with van der Waals surface area (Å²) in [4.78, 5) is 11.5. The highest BCUT2D eigenvalue weighted by Gasteiger charge is 2.12. The van der Waals surface area contributed by atoms with Gasteiger partial charge < -0.3 is 11.1 Å². The highest BCUT2D eigenvalue weighted by molar-refractivity contribution is 7.89. The van der Waals surface area contributed by atoms with Gasteiger partial charge in [-0.05, 0) is 25.1 Å². The van der Waals surface area contributed by atoms with Crippen LogP contribution in [0.3, 0.4) is 0 Å². The Hall–Kier alpha value is -1.44. The SMILES string of the molecule is NCCCC(=O)NCCNS(=O)(=O)c1ccccc1. The summed E-state index contributed by atoms with van der Waals surface area (Å²) < 4.78 is 26.0. The van der Waals surface area contributed by atoms with Crippen LogP contribution in [0.15, 0.2) is 35.2 Å². The molecule has 0 aliphatic heterocycles. The van der Waals surface area contributed by atoms with Crippen LogP contribution in [0.2, 0.25) is 0 Å². The molecule has 1 aromatic carbocycles. The lowest BCUT2D eigenvalue weighted by atomic mass is 10.3. The monoisotopic (exact) mass is 285 g/mol. The molecular weight excluding hydrogens is 266 g/mol. The first kappa shape index (κ1) is 15.6. The zero-order chi connectivity index (χ0) is 14.1. The Morgan fingerprint density at radius 3 is 2.47 bits per heavy atom. The summed E-state index contributed by atoms with van der Waals surface area (Å²) in [5, 5.41) is 2.62. The summed E-state index contributed by atoms with van der Waals surface area (Å²) in [5.74, 6) is -0.121. The van der Waals surface area contributed by atoms with Gasteiger partial charge in [-0.25, -0.2) is 13.1 Å². The van der Waals surface area contributed by atoms with Crippen molar-refractivity contribution >= 4 is 15.9 Å². The molecule has 0 radical (unpaired) electrons. The number of hydrogen-bond acceptors (Lipinski definition) is 4. The van der Waals surface area contributed by atoms with E-state index in [-0.39, 0.29) is 23.9 Å². The number of sulfonamides is 1. The Labute approximate surface area is 113 Å². The van der Waals surface area contributed by atoms with Gasteiger partial charge in [0.1, 0.15) is 0 Å². The molecule has 1 amide bonds. The predicted molar refractivity (Wildman–Crippen MR) is 72.9 cm³/mol. The summed E-state index contributed by atoms with van der Waals surface area (Å²) in [6.45, 7) is 0.884. The average molecular weight is 285 g/mol. The second kappa shape index (κ2) is 7.88. The third-order valence-corrected chi connectivity index (χ3v) is 3.88. The molecule has 1 aromatic rings. The van der Waals surface area contributed by atoms with Crippen LogP contribution in [0.25, 0.3) is 0 Å². The molecule has 4 N–H and O–H groups in total. The van der Waals surface area contributed by atoms with Crippen LogP contribution in [0.4, 0.5) is 0 Å². The minimum Gasteiger partial charge on any atom is -0.355 e. The smallest absolute Gasteiger partial charge is 0.240 e. The number of hydrogen-bond donors (Lipinski definition) is 3. The number of carbonyl (C=O) groups is 1. The van der Waals surface area contributed by atoms with Crippen LogP contribution in [0.1, 0.15) is 12.8 Å². The molecule has 1 rings (SSSR count). The van der Waals surface area contributed by atoms with Gasteiger partial charge in [-0.15, -0.1) is 0 Å². The fraction of sp³-hybridized carbons (Fsp3) is 0.417. The van der Waals surface area contributed by atoms with Crippen molar-refractivity contribution in [1.82, 2.24) is 10.0 Å². The molecule has 0 heterocycles. The van der Waals surface area contributed by atoms with Crippen molar-refractivity contribution in [3.63, 3.8) is 0 Å². The van der Waals surface area contributed by atoms with Crippen molar-refractivity contribution in [1.29, 1.82) is 0 Å². The van der Waals surface area contributed by atoms with Crippen molar-refractivity contribution in [2.75, 3.05) is 19.6 Å². The number of rotatable bonds is 8. The Morgan fingerprint density at radius 2 is 1.84 bits per heavy atom. The second-order valence-corrected chi connectivity index (χ2v) is 5.72. The van der Waals surface area contributed by atoms with Crippen molar-refractivity contribution in [2.24, 2.45) is 5.73 Å². The average Bonchev–Trinajstić information content (AvgIpc) is 2.42. The lowest BCUT2D eigenvalue weighted by Crippen LogP contribution is -2.34. The second-order valence-electron chi connectivity index (χ2n) is 3.95. The normalized spacial score (nSPS) is 11.2. The fourth-order valence-corrected chi connectivity index (χ4v) is 2.47. The Bertz CT molecular complexity index is 488. The van der Waals surface area contributed by atoms with Gasteiger partial charge in [-0.2, -0.15) is 0 Å². The zero-order valence-electron chi connectivity index (χ0n) is 10.6. The Balaban J connectivity index is 2.31. The van der Waals surface area contributed by atoms with Crippen LogP contribution in [-0.2, 0) is 14.8 Å². The zero-order valence-corrected chi connectivity index (χ0v) is 11.4. The maximum Gasteiger partial charge on any atom is 0.240 e. The minimum absolute atomic E-state index is 0.121. The van der Waals surface area contributed by atoms with Gasteiger partial charge in [-0.1, -0.05) is 18.2 Å². The summed E-state index contributed by atoms with van der Waals surface area (Å²) in [6.07, 6.45) is 0.990. The van der Waals surface area contributed by atoms with Gasteiger partial charge >= 0.3 is 0 Å². The summed E-state index contributed by atoms with van der Waals surface area (Å²) >= 11 is 0. The maximum absolute atomic E-state index is 11.8. The topological polar surface area (TPSA) is 101 Å². The van der Waals surface area contributed by atoms with Gasteiger partial charge in [-0.3, -0.25) is 4.79 Å². The van der Waals surface area contributed by atoms with Gasteiger partial charge in [0, 0.05) is 19.5 Å². The molecule has 0 spiro atoms. The summed E-state index contributed by atoms with van der Waals surface area (Å²) in [7, 11) is -3.50. The number of carbonyl (C=O) groups excluding carboxylic acids is 1. The predicted octanol–water partition coefficient (Wildman–Crippen LogP) is -0.180. The van der Waals surface area contributed by atoms with E-state index in [9.17, 15) is 13.2 Å². The quantitative estimate of drug-likeness (QED) is 0.577. The van der Waals surface area contributed by atoms with Crippen LogP contribution < -0.4 is 15.8 Å². The third-order valence-electron chi connectivity index (χ3n) is 2.40. The number of nitrogens with two attached hydrogens (primary N) is 1. The van der Waals surface area contributed by atoms with Crippen molar-refractivity contribution in [3.8, 4) is 0 Å². The molecule has 0 aliphatic carbocycles. The summed E-state index contributed by atoms with van der Waals surface area (Å²) in [6, 6.07) is 8.09. The van der Waals surface area contributed by atoms with E-state index < -0.39 is 10.0 Å². The fourth-order valence-electron chi connectivity index (χ4n) is 1.42. The first-order valence-electron chi connectivity index (χ1n) is 6.08. The molecule has 0 fully saturated rings. The highest BCUT2D eigenvalue weighted by Crippen LogP contribution is 2.06. The van der Waals surface area contributed by atoms with Crippen molar-refractivity contribution in [3.05, 3.63) is 30.3 Å². The lowest BCUT2D eigenvalue weighted by molar-refractivity contribution is -0.121. The molecule has 6 nitrogen and oxygen atoms in total. The van der Waals surface area contributed by atoms with Crippen LogP contribution in [0, 0.1) is 0 Å². The lowest BCUT2D eigenvalue weighted by Gasteiger charge is -2.07. The molecule has 106 valence electrons. The molecule has 0 unspecified atom stereocenters. The molecular formula is C12H19N3O3S. The minimum atomic E-state index is -3.50. The molecule has 19 heavy (non-hydrogen) atoms. The third kappa shape index (κ3) is 5.82. The van der Waals surface area contributed by atoms with E-state index >= 15 is 0 Å². The van der Waals surface area contributed by atoms with E-state index in [1.54, 1.807) is 18.2 Å². The van der Waals surface area contributed by atoms with E-state index in [1.165, 1.54) is 12.1 Å². The first-order chi connectivity index (χ1) is 9.06. The molecule has 0 atom stereocenters. The molecule has 0 saturated heterocycles. The van der Waals surface area contributed by atoms with E-state index in [1.807, 2.05) is 0 Å². The van der Waals surface area contributed by atoms with Gasteiger partial charge in [0.15, 0.2) is 0 Å². The van der Waals surface area contributed by atoms with Crippen molar-refractivity contribution in [2.45, 2.75) is 17.7 Å². The number of benzene rings is 1. The molecule has 7 heteroatoms. The van der Waals surface area contributed by atoms with E-state index in [0.29, 0.717) is 19.4 Å². The highest BCUT2D eigenvalue weighted by atomic mass is 32.2. The van der Waals surface area contributed by atoms with E-state index in [0.717, 1.165) is 0 Å². The standard InChI is InChI=1S/C12H19N3O3S/c13-8-4-7-12(16)14-9-10-15-19(17,18)11-5-2-1-3-6-11/h1-3,5-6,15H,4,7-10,13H2,(H,14,16). The molecule has 0 aliphatic rings.